The Morgan fingerprint density at radius 3 is 2.53 bits per heavy atom. The average Bonchev–Trinajstić information content (AvgIpc) is 3.35. The van der Waals surface area contributed by atoms with E-state index in [0.29, 0.717) is 18.3 Å². The summed E-state index contributed by atoms with van der Waals surface area (Å²) in [6.45, 7) is 3.72. The Balaban J connectivity index is 1.20. The van der Waals surface area contributed by atoms with E-state index in [2.05, 4.69) is 32.5 Å². The molecule has 198 valence electrons. The van der Waals surface area contributed by atoms with Crippen LogP contribution in [0.5, 0.6) is 5.75 Å². The van der Waals surface area contributed by atoms with Gasteiger partial charge in [-0.25, -0.2) is 9.97 Å². The van der Waals surface area contributed by atoms with Crippen molar-refractivity contribution in [2.45, 2.75) is 57.2 Å². The van der Waals surface area contributed by atoms with Crippen LogP contribution in [0.1, 0.15) is 55.8 Å². The van der Waals surface area contributed by atoms with Gasteiger partial charge in [0.2, 0.25) is 0 Å². The number of nitrogens with two attached hydrogens (primary N) is 1. The Morgan fingerprint density at radius 1 is 0.947 bits per heavy atom. The van der Waals surface area contributed by atoms with Gasteiger partial charge in [0.25, 0.3) is 0 Å². The van der Waals surface area contributed by atoms with E-state index in [4.69, 9.17) is 15.5 Å². The van der Waals surface area contributed by atoms with Crippen LogP contribution < -0.4 is 10.5 Å². The van der Waals surface area contributed by atoms with Crippen LogP contribution in [0.15, 0.2) is 67.0 Å². The van der Waals surface area contributed by atoms with Crippen LogP contribution >= 0.6 is 0 Å². The third-order valence-electron chi connectivity index (χ3n) is 8.25. The zero-order chi connectivity index (χ0) is 25.9. The molecular formula is C31H37N5O2. The lowest BCUT2D eigenvalue weighted by atomic mass is 9.81. The van der Waals surface area contributed by atoms with E-state index < -0.39 is 0 Å². The summed E-state index contributed by atoms with van der Waals surface area (Å²) in [7, 11) is 0. The molecule has 0 radical (unpaired) electrons. The van der Waals surface area contributed by atoms with Gasteiger partial charge in [-0.15, -0.1) is 0 Å². The summed E-state index contributed by atoms with van der Waals surface area (Å²) in [5.41, 5.74) is 10.3. The molecule has 38 heavy (non-hydrogen) atoms. The van der Waals surface area contributed by atoms with E-state index >= 15 is 0 Å². The number of hydrogen-bond donors (Lipinski definition) is 2. The first-order chi connectivity index (χ1) is 18.6. The second kappa shape index (κ2) is 11.1. The number of imidazole rings is 1. The van der Waals surface area contributed by atoms with Gasteiger partial charge in [0.05, 0.1) is 6.10 Å². The summed E-state index contributed by atoms with van der Waals surface area (Å²) in [5, 5.41) is 9.82. The number of nitrogen functional groups attached to an aromatic ring is 1. The van der Waals surface area contributed by atoms with Crippen molar-refractivity contribution in [3.8, 4) is 17.0 Å². The molecule has 0 bridgehead atoms. The molecule has 2 aromatic carbocycles. The minimum atomic E-state index is -0.108. The van der Waals surface area contributed by atoms with Crippen molar-refractivity contribution in [2.24, 2.45) is 5.92 Å². The van der Waals surface area contributed by atoms with Crippen molar-refractivity contribution in [3.05, 3.63) is 78.4 Å². The molecule has 1 saturated carbocycles. The molecule has 1 saturated heterocycles. The van der Waals surface area contributed by atoms with Gasteiger partial charge in [-0.1, -0.05) is 42.5 Å². The summed E-state index contributed by atoms with van der Waals surface area (Å²) in [6, 6.07) is 18.3. The third-order valence-corrected chi connectivity index (χ3v) is 8.25. The fraction of sp³-hybridized carbons (Fsp3) is 0.419. The molecule has 2 aliphatic rings. The minimum absolute atomic E-state index is 0.108. The normalized spacial score (nSPS) is 21.1. The first kappa shape index (κ1) is 24.9. The van der Waals surface area contributed by atoms with Crippen LogP contribution in [0.4, 0.5) is 5.82 Å². The van der Waals surface area contributed by atoms with Crippen LogP contribution in [-0.2, 0) is 6.61 Å². The molecule has 1 aliphatic carbocycles. The van der Waals surface area contributed by atoms with Crippen molar-refractivity contribution in [1.29, 1.82) is 0 Å². The molecule has 0 spiro atoms. The molecule has 4 aromatic rings. The van der Waals surface area contributed by atoms with Crippen molar-refractivity contribution >= 4 is 11.3 Å². The number of likely N-dealkylation sites (tertiary alicyclic amines) is 1. The molecule has 2 fully saturated rings. The molecule has 0 unspecified atom stereocenters. The summed E-state index contributed by atoms with van der Waals surface area (Å²) in [4.78, 5) is 12.1. The highest BCUT2D eigenvalue weighted by atomic mass is 16.5. The standard InChI is InChI=1S/C31H37N5O2/c32-30-29-28(25-7-4-8-27(19-25)38-21-23-5-2-1-3-6-23)34-31(36(29)18-15-33-30)24-11-9-22(10-12-24)20-35-16-13-26(37)14-17-35/h1-8,15,18-19,22,24,26,37H,9-14,16-17,20-21H2,(H2,32,33). The van der Waals surface area contributed by atoms with Gasteiger partial charge in [0, 0.05) is 43.5 Å². The zero-order valence-electron chi connectivity index (χ0n) is 21.9. The van der Waals surface area contributed by atoms with E-state index in [1.165, 1.54) is 12.8 Å². The molecule has 7 heteroatoms. The summed E-state index contributed by atoms with van der Waals surface area (Å²) >= 11 is 0. The van der Waals surface area contributed by atoms with E-state index in [1.807, 2.05) is 42.6 Å². The Bertz CT molecular complexity index is 1360. The number of hydrogen-bond acceptors (Lipinski definition) is 6. The highest BCUT2D eigenvalue weighted by molar-refractivity contribution is 5.85. The fourth-order valence-electron chi connectivity index (χ4n) is 6.12. The number of piperidine rings is 1. The number of fused-ring (bicyclic) bond motifs is 1. The molecule has 7 nitrogen and oxygen atoms in total. The number of anilines is 1. The van der Waals surface area contributed by atoms with Crippen molar-refractivity contribution in [1.82, 2.24) is 19.3 Å². The second-order valence-electron chi connectivity index (χ2n) is 10.9. The van der Waals surface area contributed by atoms with E-state index in [-0.39, 0.29) is 6.10 Å². The SMILES string of the molecule is Nc1nccn2c(C3CCC(CN4CCC(O)CC4)CC3)nc(-c3cccc(OCc4ccccc4)c3)c12. The lowest BCUT2D eigenvalue weighted by Gasteiger charge is -2.35. The van der Waals surface area contributed by atoms with Crippen LogP contribution in [0.3, 0.4) is 0 Å². The predicted molar refractivity (Wildman–Crippen MR) is 150 cm³/mol. The van der Waals surface area contributed by atoms with Gasteiger partial charge >= 0.3 is 0 Å². The highest BCUT2D eigenvalue weighted by Crippen LogP contribution is 2.39. The van der Waals surface area contributed by atoms with Gasteiger partial charge in [-0.3, -0.25) is 4.40 Å². The first-order valence-corrected chi connectivity index (χ1v) is 13.9. The lowest BCUT2D eigenvalue weighted by Crippen LogP contribution is -2.39. The maximum atomic E-state index is 9.82. The Morgan fingerprint density at radius 2 is 1.74 bits per heavy atom. The van der Waals surface area contributed by atoms with Crippen molar-refractivity contribution in [3.63, 3.8) is 0 Å². The first-order valence-electron chi connectivity index (χ1n) is 13.9. The quantitative estimate of drug-likeness (QED) is 0.351. The van der Waals surface area contributed by atoms with Crippen LogP contribution in [0.2, 0.25) is 0 Å². The molecule has 1 aliphatic heterocycles. The molecule has 0 amide bonds. The van der Waals surface area contributed by atoms with Crippen molar-refractivity contribution in [2.75, 3.05) is 25.4 Å². The van der Waals surface area contributed by atoms with E-state index in [0.717, 1.165) is 85.1 Å². The second-order valence-corrected chi connectivity index (χ2v) is 10.9. The summed E-state index contributed by atoms with van der Waals surface area (Å²) in [6.07, 6.45) is 10.1. The van der Waals surface area contributed by atoms with Crippen LogP contribution in [0.25, 0.3) is 16.8 Å². The number of aliphatic hydroxyl groups excluding tert-OH is 1. The molecule has 2 aromatic heterocycles. The number of rotatable bonds is 7. The zero-order valence-corrected chi connectivity index (χ0v) is 21.9. The van der Waals surface area contributed by atoms with Crippen molar-refractivity contribution < 1.29 is 9.84 Å². The van der Waals surface area contributed by atoms with E-state index in [9.17, 15) is 5.11 Å². The van der Waals surface area contributed by atoms with Gasteiger partial charge in [-0.05, 0) is 62.1 Å². The van der Waals surface area contributed by atoms with Crippen LogP contribution in [-0.4, -0.2) is 50.1 Å². The minimum Gasteiger partial charge on any atom is -0.489 e. The highest BCUT2D eigenvalue weighted by Gasteiger charge is 2.29. The number of aliphatic hydroxyl groups is 1. The third kappa shape index (κ3) is 5.40. The largest absolute Gasteiger partial charge is 0.489 e. The number of aromatic nitrogens is 3. The Labute approximate surface area is 224 Å². The Kier molecular flexibility index (Phi) is 7.29. The monoisotopic (exact) mass is 511 g/mol. The van der Waals surface area contributed by atoms with Gasteiger partial charge < -0.3 is 20.5 Å². The van der Waals surface area contributed by atoms with Crippen LogP contribution in [0, 0.1) is 5.92 Å². The predicted octanol–water partition coefficient (Wildman–Crippen LogP) is 5.29. The van der Waals surface area contributed by atoms with Gasteiger partial charge in [0.15, 0.2) is 0 Å². The Hall–Kier alpha value is -3.42. The smallest absolute Gasteiger partial charge is 0.150 e. The molecule has 0 atom stereocenters. The van der Waals surface area contributed by atoms with Gasteiger partial charge in [0.1, 0.15) is 35.2 Å². The van der Waals surface area contributed by atoms with E-state index in [1.54, 1.807) is 6.20 Å². The summed E-state index contributed by atoms with van der Waals surface area (Å²) < 4.78 is 8.26. The van der Waals surface area contributed by atoms with Gasteiger partial charge in [-0.2, -0.15) is 0 Å². The maximum Gasteiger partial charge on any atom is 0.150 e. The number of benzene rings is 2. The molecule has 6 rings (SSSR count). The topological polar surface area (TPSA) is 88.9 Å². The average molecular weight is 512 g/mol. The summed E-state index contributed by atoms with van der Waals surface area (Å²) in [5.74, 6) is 3.51. The maximum absolute atomic E-state index is 9.82. The molecular weight excluding hydrogens is 474 g/mol. The number of ether oxygens (including phenoxy) is 1. The molecule has 3 N–H and O–H groups in total. The fourth-order valence-corrected chi connectivity index (χ4v) is 6.12. The molecule has 3 heterocycles. The lowest BCUT2D eigenvalue weighted by molar-refractivity contribution is 0.0701. The number of nitrogens with zero attached hydrogens (tertiary/aromatic N) is 4.